The highest BCUT2D eigenvalue weighted by Gasteiger charge is 2.08. The number of nitrogens with zero attached hydrogens (tertiary/aromatic N) is 1. The van der Waals surface area contributed by atoms with Crippen molar-refractivity contribution in [2.45, 2.75) is 13.8 Å². The van der Waals surface area contributed by atoms with E-state index in [9.17, 15) is 4.79 Å². The SMILES string of the molecule is CCN(CC)CCOc1ccc2c(c1)oc(=O)c1ccccc12. The van der Waals surface area contributed by atoms with Crippen LogP contribution in [0.2, 0.25) is 0 Å². The highest BCUT2D eigenvalue weighted by Crippen LogP contribution is 2.26. The fraction of sp³-hybridized carbons (Fsp3) is 0.316. The van der Waals surface area contributed by atoms with Gasteiger partial charge in [0, 0.05) is 18.0 Å². The second kappa shape index (κ2) is 6.84. The Hall–Kier alpha value is -2.33. The Balaban J connectivity index is 1.88. The molecule has 23 heavy (non-hydrogen) atoms. The molecule has 3 aromatic rings. The van der Waals surface area contributed by atoms with Gasteiger partial charge in [-0.05, 0) is 36.7 Å². The molecule has 3 rings (SSSR count). The molecule has 4 nitrogen and oxygen atoms in total. The van der Waals surface area contributed by atoms with Crippen LogP contribution in [0.5, 0.6) is 5.75 Å². The molecule has 1 heterocycles. The molecular formula is C19H21NO3. The van der Waals surface area contributed by atoms with Gasteiger partial charge < -0.3 is 14.1 Å². The molecule has 0 atom stereocenters. The van der Waals surface area contributed by atoms with Gasteiger partial charge in [-0.3, -0.25) is 0 Å². The second-order valence-electron chi connectivity index (χ2n) is 5.47. The van der Waals surface area contributed by atoms with E-state index in [0.717, 1.165) is 36.2 Å². The molecule has 0 amide bonds. The number of rotatable bonds is 6. The fourth-order valence-electron chi connectivity index (χ4n) is 2.78. The van der Waals surface area contributed by atoms with Gasteiger partial charge in [0.1, 0.15) is 17.9 Å². The number of fused-ring (bicyclic) bond motifs is 3. The molecule has 0 fully saturated rings. The zero-order chi connectivity index (χ0) is 16.2. The van der Waals surface area contributed by atoms with E-state index >= 15 is 0 Å². The van der Waals surface area contributed by atoms with Gasteiger partial charge in [0.15, 0.2) is 0 Å². The van der Waals surface area contributed by atoms with Gasteiger partial charge in [-0.15, -0.1) is 0 Å². The predicted octanol–water partition coefficient (Wildman–Crippen LogP) is 3.67. The Bertz CT molecular complexity index is 865. The minimum Gasteiger partial charge on any atom is -0.492 e. The molecule has 2 aromatic carbocycles. The van der Waals surface area contributed by atoms with Gasteiger partial charge in [-0.25, -0.2) is 4.79 Å². The third-order valence-corrected chi connectivity index (χ3v) is 4.16. The van der Waals surface area contributed by atoms with Gasteiger partial charge in [0.25, 0.3) is 0 Å². The Morgan fingerprint density at radius 3 is 2.48 bits per heavy atom. The maximum atomic E-state index is 12.1. The van der Waals surface area contributed by atoms with E-state index < -0.39 is 0 Å². The molecule has 0 aliphatic rings. The zero-order valence-corrected chi connectivity index (χ0v) is 13.5. The van der Waals surface area contributed by atoms with Crippen molar-refractivity contribution in [2.24, 2.45) is 0 Å². The molecule has 120 valence electrons. The maximum Gasteiger partial charge on any atom is 0.344 e. The van der Waals surface area contributed by atoms with Crippen LogP contribution in [0, 0.1) is 0 Å². The van der Waals surface area contributed by atoms with Gasteiger partial charge in [-0.1, -0.05) is 32.0 Å². The van der Waals surface area contributed by atoms with Crippen molar-refractivity contribution < 1.29 is 9.15 Å². The molecule has 1 aromatic heterocycles. The van der Waals surface area contributed by atoms with Crippen LogP contribution in [0.3, 0.4) is 0 Å². The van der Waals surface area contributed by atoms with E-state index in [-0.39, 0.29) is 5.63 Å². The lowest BCUT2D eigenvalue weighted by Gasteiger charge is -2.18. The largest absolute Gasteiger partial charge is 0.492 e. The molecule has 0 bridgehead atoms. The van der Waals surface area contributed by atoms with Crippen LogP contribution in [0.15, 0.2) is 51.7 Å². The van der Waals surface area contributed by atoms with Crippen molar-refractivity contribution >= 4 is 21.7 Å². The first-order chi connectivity index (χ1) is 11.2. The lowest BCUT2D eigenvalue weighted by atomic mass is 10.1. The fourth-order valence-corrected chi connectivity index (χ4v) is 2.78. The average molecular weight is 311 g/mol. The minimum atomic E-state index is -0.312. The Morgan fingerprint density at radius 1 is 1.00 bits per heavy atom. The number of hydrogen-bond acceptors (Lipinski definition) is 4. The minimum absolute atomic E-state index is 0.312. The average Bonchev–Trinajstić information content (AvgIpc) is 2.59. The predicted molar refractivity (Wildman–Crippen MR) is 93.3 cm³/mol. The molecule has 0 spiro atoms. The third-order valence-electron chi connectivity index (χ3n) is 4.16. The van der Waals surface area contributed by atoms with Crippen LogP contribution in [-0.2, 0) is 0 Å². The molecule has 4 heteroatoms. The van der Waals surface area contributed by atoms with Gasteiger partial charge in [0.05, 0.1) is 5.39 Å². The molecule has 0 saturated heterocycles. The van der Waals surface area contributed by atoms with Crippen molar-refractivity contribution in [1.29, 1.82) is 0 Å². The summed E-state index contributed by atoms with van der Waals surface area (Å²) in [4.78, 5) is 14.4. The van der Waals surface area contributed by atoms with Crippen LogP contribution < -0.4 is 10.4 Å². The van der Waals surface area contributed by atoms with Crippen molar-refractivity contribution in [3.63, 3.8) is 0 Å². The molecule has 0 radical (unpaired) electrons. The van der Waals surface area contributed by atoms with Crippen LogP contribution in [0.1, 0.15) is 13.8 Å². The molecule has 0 aliphatic heterocycles. The molecule has 0 saturated carbocycles. The van der Waals surface area contributed by atoms with Crippen LogP contribution in [0.25, 0.3) is 21.7 Å². The van der Waals surface area contributed by atoms with Crippen LogP contribution >= 0.6 is 0 Å². The topological polar surface area (TPSA) is 42.7 Å². The number of likely N-dealkylation sites (N-methyl/N-ethyl adjacent to an activating group) is 1. The van der Waals surface area contributed by atoms with Crippen LogP contribution in [0.4, 0.5) is 0 Å². The normalized spacial score (nSPS) is 11.4. The smallest absolute Gasteiger partial charge is 0.344 e. The third kappa shape index (κ3) is 3.22. The van der Waals surface area contributed by atoms with Gasteiger partial charge in [0.2, 0.25) is 0 Å². The van der Waals surface area contributed by atoms with Crippen molar-refractivity contribution in [1.82, 2.24) is 4.90 Å². The van der Waals surface area contributed by atoms with E-state index in [2.05, 4.69) is 18.7 Å². The second-order valence-corrected chi connectivity index (χ2v) is 5.47. The molecular weight excluding hydrogens is 290 g/mol. The van der Waals surface area contributed by atoms with E-state index in [1.807, 2.05) is 30.3 Å². The van der Waals surface area contributed by atoms with Crippen molar-refractivity contribution in [3.8, 4) is 5.75 Å². The summed E-state index contributed by atoms with van der Waals surface area (Å²) < 4.78 is 11.2. The lowest BCUT2D eigenvalue weighted by molar-refractivity contribution is 0.223. The summed E-state index contributed by atoms with van der Waals surface area (Å²) in [6.45, 7) is 7.80. The summed E-state index contributed by atoms with van der Waals surface area (Å²) in [6.07, 6.45) is 0. The Morgan fingerprint density at radius 2 is 1.74 bits per heavy atom. The highest BCUT2D eigenvalue weighted by molar-refractivity contribution is 6.04. The van der Waals surface area contributed by atoms with Crippen LogP contribution in [-0.4, -0.2) is 31.1 Å². The number of hydrogen-bond donors (Lipinski definition) is 0. The summed E-state index contributed by atoms with van der Waals surface area (Å²) in [6, 6.07) is 13.2. The van der Waals surface area contributed by atoms with E-state index in [1.54, 1.807) is 12.1 Å². The number of benzene rings is 2. The Labute approximate surface area is 135 Å². The Kier molecular flexibility index (Phi) is 4.63. The van der Waals surface area contributed by atoms with Crippen molar-refractivity contribution in [2.75, 3.05) is 26.2 Å². The van der Waals surface area contributed by atoms with Gasteiger partial charge >= 0.3 is 5.63 Å². The summed E-state index contributed by atoms with van der Waals surface area (Å²) in [5, 5.41) is 2.44. The van der Waals surface area contributed by atoms with Gasteiger partial charge in [-0.2, -0.15) is 0 Å². The molecule has 0 aliphatic carbocycles. The van der Waals surface area contributed by atoms with Crippen molar-refractivity contribution in [3.05, 3.63) is 52.9 Å². The molecule has 0 unspecified atom stereocenters. The first-order valence-corrected chi connectivity index (χ1v) is 8.03. The van der Waals surface area contributed by atoms with E-state index in [4.69, 9.17) is 9.15 Å². The number of ether oxygens (including phenoxy) is 1. The standard InChI is InChI=1S/C19H21NO3/c1-3-20(4-2)11-12-22-14-9-10-16-15-7-5-6-8-17(15)19(21)23-18(16)13-14/h5-10,13H,3-4,11-12H2,1-2H3. The first kappa shape index (κ1) is 15.6. The monoisotopic (exact) mass is 311 g/mol. The molecule has 0 N–H and O–H groups in total. The maximum absolute atomic E-state index is 12.1. The lowest BCUT2D eigenvalue weighted by Crippen LogP contribution is -2.27. The highest BCUT2D eigenvalue weighted by atomic mass is 16.5. The summed E-state index contributed by atoms with van der Waals surface area (Å²) >= 11 is 0. The summed E-state index contributed by atoms with van der Waals surface area (Å²) in [5.41, 5.74) is 0.252. The summed E-state index contributed by atoms with van der Waals surface area (Å²) in [5.74, 6) is 0.725. The zero-order valence-electron chi connectivity index (χ0n) is 13.5. The van der Waals surface area contributed by atoms with E-state index in [0.29, 0.717) is 17.6 Å². The quantitative estimate of drug-likeness (QED) is 0.514. The summed E-state index contributed by atoms with van der Waals surface area (Å²) in [7, 11) is 0. The van der Waals surface area contributed by atoms with E-state index in [1.165, 1.54) is 0 Å². The first-order valence-electron chi connectivity index (χ1n) is 8.03.